The summed E-state index contributed by atoms with van der Waals surface area (Å²) in [7, 11) is 1.77. The Balaban J connectivity index is 1.76. The molecule has 0 fully saturated rings. The molecule has 6 nitrogen and oxygen atoms in total. The van der Waals surface area contributed by atoms with Gasteiger partial charge in [-0.1, -0.05) is 24.3 Å². The van der Waals surface area contributed by atoms with Gasteiger partial charge < -0.3 is 15.5 Å². The quantitative estimate of drug-likeness (QED) is 0.705. The molecule has 2 aromatic heterocycles. The zero-order valence-corrected chi connectivity index (χ0v) is 15.8. The molecule has 0 unspecified atom stereocenters. The van der Waals surface area contributed by atoms with Gasteiger partial charge in [0.25, 0.3) is 5.91 Å². The van der Waals surface area contributed by atoms with Crippen LogP contribution in [0.5, 0.6) is 0 Å². The number of nitrogens with two attached hydrogens (primary N) is 1. The topological polar surface area (TPSA) is 75.4 Å². The second-order valence-corrected chi connectivity index (χ2v) is 6.59. The van der Waals surface area contributed by atoms with E-state index in [1.165, 1.54) is 0 Å². The monoisotopic (exact) mass is 371 g/mol. The number of benzene rings is 1. The van der Waals surface area contributed by atoms with Crippen LogP contribution in [0.25, 0.3) is 12.2 Å². The first-order valence-corrected chi connectivity index (χ1v) is 9.12. The van der Waals surface area contributed by atoms with E-state index in [1.54, 1.807) is 24.3 Å². The van der Waals surface area contributed by atoms with E-state index in [9.17, 15) is 4.79 Å². The van der Waals surface area contributed by atoms with Crippen molar-refractivity contribution in [2.75, 3.05) is 29.1 Å². The minimum Gasteiger partial charge on any atom is -0.399 e. The lowest BCUT2D eigenvalue weighted by molar-refractivity contribution is 0.0994. The number of hydrogen-bond acceptors (Lipinski definition) is 5. The van der Waals surface area contributed by atoms with Gasteiger partial charge in [0.1, 0.15) is 5.82 Å². The lowest BCUT2D eigenvalue weighted by Gasteiger charge is -2.22. The highest BCUT2D eigenvalue weighted by Gasteiger charge is 2.30. The van der Waals surface area contributed by atoms with Gasteiger partial charge >= 0.3 is 0 Å². The summed E-state index contributed by atoms with van der Waals surface area (Å²) in [5.41, 5.74) is 9.66. The number of fused-ring (bicyclic) bond motifs is 2. The Morgan fingerprint density at radius 1 is 1.04 bits per heavy atom. The third-order valence-corrected chi connectivity index (χ3v) is 4.78. The van der Waals surface area contributed by atoms with Crippen molar-refractivity contribution in [3.8, 4) is 0 Å². The van der Waals surface area contributed by atoms with Crippen molar-refractivity contribution in [2.45, 2.75) is 6.92 Å². The van der Waals surface area contributed by atoms with E-state index in [0.717, 1.165) is 28.3 Å². The number of anilines is 4. The third-order valence-electron chi connectivity index (χ3n) is 4.78. The molecular weight excluding hydrogens is 350 g/mol. The van der Waals surface area contributed by atoms with Gasteiger partial charge in [0.05, 0.1) is 11.3 Å². The molecule has 3 aromatic rings. The van der Waals surface area contributed by atoms with Gasteiger partial charge in [-0.2, -0.15) is 0 Å². The normalized spacial score (nSPS) is 13.4. The molecule has 0 atom stereocenters. The Morgan fingerprint density at radius 3 is 2.54 bits per heavy atom. The summed E-state index contributed by atoms with van der Waals surface area (Å²) < 4.78 is 0. The summed E-state index contributed by atoms with van der Waals surface area (Å²) >= 11 is 0. The number of hydrogen-bond donors (Lipinski definition) is 1. The molecule has 0 saturated carbocycles. The van der Waals surface area contributed by atoms with Crippen molar-refractivity contribution >= 4 is 41.1 Å². The summed E-state index contributed by atoms with van der Waals surface area (Å²) in [5.74, 6) is 1.26. The summed E-state index contributed by atoms with van der Waals surface area (Å²) in [4.78, 5) is 25.8. The number of nitrogens with zero attached hydrogens (tertiary/aromatic N) is 4. The number of nitrogen functional groups attached to an aromatic ring is 1. The second-order valence-electron chi connectivity index (χ2n) is 6.59. The number of pyridine rings is 2. The summed E-state index contributed by atoms with van der Waals surface area (Å²) in [6.07, 6.45) is 7.42. The Morgan fingerprint density at radius 2 is 1.79 bits per heavy atom. The molecule has 1 amide bonds. The van der Waals surface area contributed by atoms with Crippen LogP contribution in [-0.4, -0.2) is 29.5 Å². The van der Waals surface area contributed by atoms with Crippen LogP contribution in [0.15, 0.2) is 54.9 Å². The predicted octanol–water partition coefficient (Wildman–Crippen LogP) is 3.98. The fourth-order valence-electron chi connectivity index (χ4n) is 3.29. The van der Waals surface area contributed by atoms with E-state index in [1.807, 2.05) is 66.4 Å². The molecular formula is C22H21N5O. The number of rotatable bonds is 3. The molecule has 0 aliphatic carbocycles. The predicted molar refractivity (Wildman–Crippen MR) is 114 cm³/mol. The van der Waals surface area contributed by atoms with Crippen molar-refractivity contribution in [3.05, 3.63) is 71.5 Å². The van der Waals surface area contributed by atoms with Gasteiger partial charge in [0.15, 0.2) is 5.82 Å². The minimum absolute atomic E-state index is 0.101. The van der Waals surface area contributed by atoms with Crippen molar-refractivity contribution in [3.63, 3.8) is 0 Å². The van der Waals surface area contributed by atoms with Crippen LogP contribution >= 0.6 is 0 Å². The first-order valence-electron chi connectivity index (χ1n) is 9.12. The maximum absolute atomic E-state index is 13.1. The molecule has 3 heterocycles. The molecule has 0 saturated heterocycles. The molecule has 1 aliphatic heterocycles. The van der Waals surface area contributed by atoms with Gasteiger partial charge in [-0.25, -0.2) is 9.97 Å². The van der Waals surface area contributed by atoms with E-state index in [-0.39, 0.29) is 5.91 Å². The molecule has 0 bridgehead atoms. The summed E-state index contributed by atoms with van der Waals surface area (Å²) in [6.45, 7) is 2.68. The Bertz CT molecular complexity index is 1060. The lowest BCUT2D eigenvalue weighted by atomic mass is 10.1. The fourth-order valence-corrected chi connectivity index (χ4v) is 3.29. The smallest absolute Gasteiger partial charge is 0.261 e. The van der Waals surface area contributed by atoms with E-state index in [4.69, 9.17) is 5.73 Å². The minimum atomic E-state index is -0.101. The van der Waals surface area contributed by atoms with Crippen LogP contribution < -0.4 is 15.5 Å². The number of carbonyl (C=O) groups is 1. The highest BCUT2D eigenvalue weighted by Crippen LogP contribution is 2.37. The van der Waals surface area contributed by atoms with Crippen LogP contribution in [0.1, 0.15) is 28.4 Å². The molecule has 6 heteroatoms. The molecule has 0 spiro atoms. The summed E-state index contributed by atoms with van der Waals surface area (Å²) in [5, 5.41) is 0. The molecule has 2 N–H and O–H groups in total. The van der Waals surface area contributed by atoms with E-state index >= 15 is 0 Å². The van der Waals surface area contributed by atoms with Gasteiger partial charge in [0.2, 0.25) is 0 Å². The highest BCUT2D eigenvalue weighted by atomic mass is 16.2. The van der Waals surface area contributed by atoms with Gasteiger partial charge in [-0.15, -0.1) is 0 Å². The van der Waals surface area contributed by atoms with Crippen LogP contribution in [0.3, 0.4) is 0 Å². The zero-order valence-electron chi connectivity index (χ0n) is 15.8. The number of amides is 1. The lowest BCUT2D eigenvalue weighted by Crippen LogP contribution is -2.25. The first-order chi connectivity index (χ1) is 13.6. The zero-order chi connectivity index (χ0) is 19.7. The third kappa shape index (κ3) is 3.09. The van der Waals surface area contributed by atoms with Gasteiger partial charge in [-0.05, 0) is 48.4 Å². The molecule has 0 radical (unpaired) electrons. The van der Waals surface area contributed by atoms with Crippen molar-refractivity contribution < 1.29 is 4.79 Å². The molecule has 28 heavy (non-hydrogen) atoms. The van der Waals surface area contributed by atoms with E-state index < -0.39 is 0 Å². The average Bonchev–Trinajstić information content (AvgIpc) is 2.81. The average molecular weight is 371 g/mol. The first kappa shape index (κ1) is 17.7. The molecule has 4 rings (SSSR count). The highest BCUT2D eigenvalue weighted by molar-refractivity contribution is 6.12. The van der Waals surface area contributed by atoms with Crippen LogP contribution in [0.2, 0.25) is 0 Å². The van der Waals surface area contributed by atoms with Crippen molar-refractivity contribution in [1.29, 1.82) is 0 Å². The maximum Gasteiger partial charge on any atom is 0.261 e. The SMILES string of the molecule is CCN1c2ncc(/C=C/c3ccc(N)cc3)cc2C(=O)N(C)c2cccnc21. The Hall–Kier alpha value is -3.67. The standard InChI is InChI=1S/C22H21N5O/c1-3-27-20-18(22(28)26(2)19-5-4-12-24-21(19)27)13-16(14-25-20)7-6-15-8-10-17(23)11-9-15/h4-14H,3,23H2,1-2H3/b7-6+. The molecule has 1 aromatic carbocycles. The van der Waals surface area contributed by atoms with E-state index in [0.29, 0.717) is 17.9 Å². The molecule has 140 valence electrons. The van der Waals surface area contributed by atoms with Crippen LogP contribution in [-0.2, 0) is 0 Å². The Labute approximate surface area is 164 Å². The number of carbonyl (C=O) groups excluding carboxylic acids is 1. The van der Waals surface area contributed by atoms with Crippen LogP contribution in [0, 0.1) is 0 Å². The number of aromatic nitrogens is 2. The van der Waals surface area contributed by atoms with Crippen LogP contribution in [0.4, 0.5) is 23.0 Å². The second kappa shape index (κ2) is 7.15. The maximum atomic E-state index is 13.1. The Kier molecular flexibility index (Phi) is 4.53. The summed E-state index contributed by atoms with van der Waals surface area (Å²) in [6, 6.07) is 13.2. The van der Waals surface area contributed by atoms with Crippen molar-refractivity contribution in [1.82, 2.24) is 9.97 Å². The van der Waals surface area contributed by atoms with Crippen molar-refractivity contribution in [2.24, 2.45) is 0 Å². The fraction of sp³-hybridized carbons (Fsp3) is 0.136. The van der Waals surface area contributed by atoms with Gasteiger partial charge in [0, 0.05) is 31.7 Å². The molecule has 1 aliphatic rings. The van der Waals surface area contributed by atoms with E-state index in [2.05, 4.69) is 9.97 Å². The van der Waals surface area contributed by atoms with Gasteiger partial charge in [-0.3, -0.25) is 4.79 Å². The largest absolute Gasteiger partial charge is 0.399 e.